The van der Waals surface area contributed by atoms with E-state index in [2.05, 4.69) is 11.8 Å². The third kappa shape index (κ3) is 2.62. The molecule has 0 amide bonds. The summed E-state index contributed by atoms with van der Waals surface area (Å²) in [6, 6.07) is 15.1. The first-order valence-electron chi connectivity index (χ1n) is 6.61. The van der Waals surface area contributed by atoms with Crippen molar-refractivity contribution in [1.29, 1.82) is 0 Å². The van der Waals surface area contributed by atoms with E-state index in [0.717, 1.165) is 21.3 Å². The number of aliphatic hydroxyl groups is 1. The van der Waals surface area contributed by atoms with Gasteiger partial charge < -0.3 is 5.11 Å². The summed E-state index contributed by atoms with van der Waals surface area (Å²) in [5.41, 5.74) is 1.56. The van der Waals surface area contributed by atoms with Gasteiger partial charge in [-0.3, -0.25) is 4.79 Å². The van der Waals surface area contributed by atoms with Gasteiger partial charge >= 0.3 is 0 Å². The predicted octanol–water partition coefficient (Wildman–Crippen LogP) is 2.79. The minimum absolute atomic E-state index is 0.0213. The Bertz CT molecular complexity index is 896. The number of hydrogen-bond acceptors (Lipinski definition) is 3. The van der Waals surface area contributed by atoms with Crippen molar-refractivity contribution in [2.45, 2.75) is 6.42 Å². The van der Waals surface area contributed by atoms with Gasteiger partial charge in [0.1, 0.15) is 0 Å². The SMILES string of the molecule is O=c1c2ccccc2sn1-c1ccccc1C#CCCO. The van der Waals surface area contributed by atoms with Gasteiger partial charge in [0.15, 0.2) is 0 Å². The molecule has 104 valence electrons. The second kappa shape index (κ2) is 5.96. The quantitative estimate of drug-likeness (QED) is 0.739. The molecule has 0 aliphatic heterocycles. The zero-order chi connectivity index (χ0) is 14.7. The zero-order valence-corrected chi connectivity index (χ0v) is 12.1. The molecular formula is C17H13NO2S. The topological polar surface area (TPSA) is 42.2 Å². The lowest BCUT2D eigenvalue weighted by molar-refractivity contribution is 0.305. The smallest absolute Gasteiger partial charge is 0.273 e. The first-order valence-corrected chi connectivity index (χ1v) is 7.39. The van der Waals surface area contributed by atoms with Crippen molar-refractivity contribution in [2.75, 3.05) is 6.61 Å². The highest BCUT2D eigenvalue weighted by atomic mass is 32.1. The maximum Gasteiger partial charge on any atom is 0.273 e. The van der Waals surface area contributed by atoms with E-state index in [-0.39, 0.29) is 12.2 Å². The van der Waals surface area contributed by atoms with E-state index in [4.69, 9.17) is 5.11 Å². The zero-order valence-electron chi connectivity index (χ0n) is 11.2. The molecule has 21 heavy (non-hydrogen) atoms. The van der Waals surface area contributed by atoms with Crippen molar-refractivity contribution in [3.63, 3.8) is 0 Å². The predicted molar refractivity (Wildman–Crippen MR) is 86.0 cm³/mol. The molecule has 0 fully saturated rings. The molecule has 0 spiro atoms. The molecule has 1 aromatic heterocycles. The van der Waals surface area contributed by atoms with Crippen LogP contribution in [0, 0.1) is 11.8 Å². The number of aliphatic hydroxyl groups excluding tert-OH is 1. The highest BCUT2D eigenvalue weighted by Gasteiger charge is 2.10. The monoisotopic (exact) mass is 295 g/mol. The number of nitrogens with zero attached hydrogens (tertiary/aromatic N) is 1. The summed E-state index contributed by atoms with van der Waals surface area (Å²) in [6.07, 6.45) is 0.426. The van der Waals surface area contributed by atoms with Crippen molar-refractivity contribution in [3.8, 4) is 17.5 Å². The fourth-order valence-corrected chi connectivity index (χ4v) is 3.13. The van der Waals surface area contributed by atoms with Crippen LogP contribution in [-0.2, 0) is 0 Å². The molecule has 3 nitrogen and oxygen atoms in total. The molecule has 0 aliphatic rings. The molecule has 0 bridgehead atoms. The number of aromatic nitrogens is 1. The van der Waals surface area contributed by atoms with Crippen LogP contribution in [0.5, 0.6) is 0 Å². The molecule has 0 aliphatic carbocycles. The molecule has 2 aromatic carbocycles. The molecule has 0 unspecified atom stereocenters. The molecule has 3 rings (SSSR count). The molecule has 0 saturated heterocycles. The van der Waals surface area contributed by atoms with Gasteiger partial charge in [0, 0.05) is 12.0 Å². The standard InChI is InChI=1S/C17H13NO2S/c19-12-6-5-8-13-7-1-3-10-15(13)18-17(20)14-9-2-4-11-16(14)21-18/h1-4,7,9-11,19H,6,12H2. The van der Waals surface area contributed by atoms with Crippen LogP contribution in [0.25, 0.3) is 15.8 Å². The van der Waals surface area contributed by atoms with E-state index in [1.165, 1.54) is 11.5 Å². The summed E-state index contributed by atoms with van der Waals surface area (Å²) in [6.45, 7) is 0.0397. The Hall–Kier alpha value is -2.35. The van der Waals surface area contributed by atoms with Crippen LogP contribution < -0.4 is 5.56 Å². The van der Waals surface area contributed by atoms with E-state index in [1.54, 1.807) is 3.96 Å². The Kier molecular flexibility index (Phi) is 3.87. The largest absolute Gasteiger partial charge is 0.395 e. The van der Waals surface area contributed by atoms with Crippen molar-refractivity contribution in [3.05, 3.63) is 64.4 Å². The van der Waals surface area contributed by atoms with Crippen LogP contribution in [0.4, 0.5) is 0 Å². The summed E-state index contributed by atoms with van der Waals surface area (Å²) in [5.74, 6) is 5.93. The Labute approximate surface area is 126 Å². The van der Waals surface area contributed by atoms with Gasteiger partial charge in [0.25, 0.3) is 5.56 Å². The Morgan fingerprint density at radius 1 is 1.10 bits per heavy atom. The Morgan fingerprint density at radius 3 is 2.67 bits per heavy atom. The lowest BCUT2D eigenvalue weighted by Gasteiger charge is -2.03. The highest BCUT2D eigenvalue weighted by molar-refractivity contribution is 7.14. The fourth-order valence-electron chi connectivity index (χ4n) is 2.10. The molecule has 0 saturated carbocycles. The molecular weight excluding hydrogens is 282 g/mol. The second-order valence-corrected chi connectivity index (χ2v) is 5.47. The second-order valence-electron chi connectivity index (χ2n) is 4.48. The average molecular weight is 295 g/mol. The van der Waals surface area contributed by atoms with E-state index in [9.17, 15) is 4.79 Å². The maximum atomic E-state index is 12.5. The minimum Gasteiger partial charge on any atom is -0.395 e. The summed E-state index contributed by atoms with van der Waals surface area (Å²) in [7, 11) is 0. The molecule has 1 heterocycles. The van der Waals surface area contributed by atoms with Crippen molar-refractivity contribution in [2.24, 2.45) is 0 Å². The first kappa shape index (κ1) is 13.6. The van der Waals surface area contributed by atoms with Gasteiger partial charge in [-0.2, -0.15) is 0 Å². The van der Waals surface area contributed by atoms with Gasteiger partial charge in [-0.05, 0) is 24.3 Å². The van der Waals surface area contributed by atoms with E-state index < -0.39 is 0 Å². The van der Waals surface area contributed by atoms with Gasteiger partial charge in [-0.15, -0.1) is 0 Å². The van der Waals surface area contributed by atoms with Crippen LogP contribution in [0.15, 0.2) is 53.3 Å². The Morgan fingerprint density at radius 2 is 1.86 bits per heavy atom. The lowest BCUT2D eigenvalue weighted by atomic mass is 10.2. The molecule has 3 aromatic rings. The number of fused-ring (bicyclic) bond motifs is 1. The van der Waals surface area contributed by atoms with Crippen LogP contribution in [0.2, 0.25) is 0 Å². The van der Waals surface area contributed by atoms with Crippen molar-refractivity contribution >= 4 is 21.6 Å². The molecule has 4 heteroatoms. The van der Waals surface area contributed by atoms with Crippen LogP contribution in [0.3, 0.4) is 0 Å². The fraction of sp³-hybridized carbons (Fsp3) is 0.118. The van der Waals surface area contributed by atoms with Crippen LogP contribution in [0.1, 0.15) is 12.0 Å². The number of hydrogen-bond donors (Lipinski definition) is 1. The number of para-hydroxylation sites is 1. The molecule has 1 N–H and O–H groups in total. The van der Waals surface area contributed by atoms with Gasteiger partial charge in [0.05, 0.1) is 22.4 Å². The third-order valence-corrected chi connectivity index (χ3v) is 4.17. The third-order valence-electron chi connectivity index (χ3n) is 3.07. The van der Waals surface area contributed by atoms with Crippen LogP contribution >= 0.6 is 11.5 Å². The van der Waals surface area contributed by atoms with Crippen molar-refractivity contribution < 1.29 is 5.11 Å². The van der Waals surface area contributed by atoms with Crippen LogP contribution in [-0.4, -0.2) is 15.7 Å². The van der Waals surface area contributed by atoms with Crippen molar-refractivity contribution in [1.82, 2.24) is 3.96 Å². The summed E-state index contributed by atoms with van der Waals surface area (Å²) in [5, 5.41) is 9.54. The molecule has 0 radical (unpaired) electrons. The van der Waals surface area contributed by atoms with E-state index >= 15 is 0 Å². The number of benzene rings is 2. The van der Waals surface area contributed by atoms with Gasteiger partial charge in [-0.1, -0.05) is 47.6 Å². The average Bonchev–Trinajstić information content (AvgIpc) is 2.86. The highest BCUT2D eigenvalue weighted by Crippen LogP contribution is 2.21. The van der Waals surface area contributed by atoms with Gasteiger partial charge in [-0.25, -0.2) is 3.96 Å². The molecule has 0 atom stereocenters. The maximum absolute atomic E-state index is 12.5. The lowest BCUT2D eigenvalue weighted by Crippen LogP contribution is -2.11. The Balaban J connectivity index is 2.18. The van der Waals surface area contributed by atoms with E-state index in [1.807, 2.05) is 48.5 Å². The summed E-state index contributed by atoms with van der Waals surface area (Å²) in [4.78, 5) is 12.5. The minimum atomic E-state index is -0.0213. The van der Waals surface area contributed by atoms with E-state index in [0.29, 0.717) is 6.42 Å². The normalized spacial score (nSPS) is 10.3. The number of rotatable bonds is 2. The van der Waals surface area contributed by atoms with Gasteiger partial charge in [0.2, 0.25) is 0 Å². The summed E-state index contributed by atoms with van der Waals surface area (Å²) >= 11 is 1.42. The first-order chi connectivity index (χ1) is 10.3. The summed E-state index contributed by atoms with van der Waals surface area (Å²) < 4.78 is 2.63.